The SMILES string of the molecule is C=CC(=O)N(N=C=O)c1nc(N)nc(N)n1. The van der Waals surface area contributed by atoms with Crippen molar-refractivity contribution >= 4 is 29.8 Å². The largest absolute Gasteiger partial charge is 0.368 e. The summed E-state index contributed by atoms with van der Waals surface area (Å²) in [5, 5.41) is 3.64. The summed E-state index contributed by atoms with van der Waals surface area (Å²) in [4.78, 5) is 32.1. The van der Waals surface area contributed by atoms with E-state index in [1.54, 1.807) is 0 Å². The zero-order valence-corrected chi connectivity index (χ0v) is 7.99. The van der Waals surface area contributed by atoms with Gasteiger partial charge in [-0.2, -0.15) is 15.0 Å². The first-order valence-corrected chi connectivity index (χ1v) is 3.89. The highest BCUT2D eigenvalue weighted by Crippen LogP contribution is 2.10. The van der Waals surface area contributed by atoms with Crippen molar-refractivity contribution < 1.29 is 9.59 Å². The van der Waals surface area contributed by atoms with Gasteiger partial charge in [0.2, 0.25) is 11.9 Å². The number of isocyanates is 1. The molecule has 0 radical (unpaired) electrons. The lowest BCUT2D eigenvalue weighted by Crippen LogP contribution is -2.26. The average Bonchev–Trinajstić information content (AvgIpc) is 2.23. The molecule has 0 aliphatic carbocycles. The first-order chi connectivity index (χ1) is 7.58. The van der Waals surface area contributed by atoms with Crippen LogP contribution in [0.2, 0.25) is 0 Å². The van der Waals surface area contributed by atoms with Gasteiger partial charge in [0.05, 0.1) is 0 Å². The molecule has 0 aliphatic rings. The van der Waals surface area contributed by atoms with Gasteiger partial charge in [0.25, 0.3) is 17.9 Å². The Morgan fingerprint density at radius 2 is 1.94 bits per heavy atom. The Kier molecular flexibility index (Phi) is 3.26. The van der Waals surface area contributed by atoms with Crippen molar-refractivity contribution in [1.29, 1.82) is 0 Å². The van der Waals surface area contributed by atoms with Crippen molar-refractivity contribution in [1.82, 2.24) is 15.0 Å². The summed E-state index contributed by atoms with van der Waals surface area (Å²) >= 11 is 0. The second kappa shape index (κ2) is 4.62. The van der Waals surface area contributed by atoms with Crippen molar-refractivity contribution in [2.75, 3.05) is 16.5 Å². The molecule has 16 heavy (non-hydrogen) atoms. The number of nitrogen functional groups attached to an aromatic ring is 2. The molecule has 0 spiro atoms. The number of hydrogen-bond donors (Lipinski definition) is 2. The number of rotatable bonds is 3. The van der Waals surface area contributed by atoms with Gasteiger partial charge in [0.1, 0.15) is 0 Å². The maximum absolute atomic E-state index is 11.3. The Balaban J connectivity index is 3.25. The van der Waals surface area contributed by atoms with Crippen LogP contribution in [0.5, 0.6) is 0 Å². The van der Waals surface area contributed by atoms with Crippen molar-refractivity contribution in [3.05, 3.63) is 12.7 Å². The van der Waals surface area contributed by atoms with Crippen LogP contribution in [0.3, 0.4) is 0 Å². The van der Waals surface area contributed by atoms with Gasteiger partial charge in [-0.05, 0) is 6.08 Å². The summed E-state index contributed by atoms with van der Waals surface area (Å²) in [6, 6.07) is 0. The molecule has 0 fully saturated rings. The van der Waals surface area contributed by atoms with E-state index >= 15 is 0 Å². The molecule has 0 bridgehead atoms. The molecular formula is C7H7N7O2. The number of hydrazone groups is 1. The maximum Gasteiger partial charge on any atom is 0.274 e. The molecule has 1 aromatic heterocycles. The van der Waals surface area contributed by atoms with Gasteiger partial charge in [-0.25, -0.2) is 4.79 Å². The van der Waals surface area contributed by atoms with E-state index in [-0.39, 0.29) is 17.8 Å². The fourth-order valence-electron chi connectivity index (χ4n) is 0.812. The number of hydrogen-bond acceptors (Lipinski definition) is 8. The lowest BCUT2D eigenvalue weighted by atomic mass is 10.5. The minimum atomic E-state index is -0.728. The standard InChI is InChI=1S/C7H7N7O2/c1-2-4(16)14(10-3-15)7-12-5(8)11-6(9)13-7/h2H,1H2,(H4,8,9,11,12,13). The van der Waals surface area contributed by atoms with Gasteiger partial charge in [-0.1, -0.05) is 11.7 Å². The van der Waals surface area contributed by atoms with Crippen molar-refractivity contribution in [3.63, 3.8) is 0 Å². The smallest absolute Gasteiger partial charge is 0.274 e. The number of nitrogens with two attached hydrogens (primary N) is 2. The van der Waals surface area contributed by atoms with Crippen LogP contribution >= 0.6 is 0 Å². The van der Waals surface area contributed by atoms with Crippen LogP contribution in [0.25, 0.3) is 0 Å². The minimum absolute atomic E-state index is 0.203. The predicted molar refractivity (Wildman–Crippen MR) is 54.5 cm³/mol. The molecule has 0 aliphatic heterocycles. The predicted octanol–water partition coefficient (Wildman–Crippen LogP) is -1.19. The van der Waals surface area contributed by atoms with Crippen molar-refractivity contribution in [2.24, 2.45) is 5.10 Å². The third-order valence-corrected chi connectivity index (χ3v) is 1.37. The molecule has 0 saturated heterocycles. The number of amides is 1. The van der Waals surface area contributed by atoms with E-state index in [1.165, 1.54) is 6.08 Å². The van der Waals surface area contributed by atoms with Gasteiger partial charge < -0.3 is 11.5 Å². The molecule has 4 N–H and O–H groups in total. The molecule has 0 atom stereocenters. The Morgan fingerprint density at radius 1 is 1.38 bits per heavy atom. The second-order valence-corrected chi connectivity index (χ2v) is 2.40. The summed E-state index contributed by atoms with van der Waals surface area (Å²) in [6.45, 7) is 3.22. The second-order valence-electron chi connectivity index (χ2n) is 2.40. The first-order valence-electron chi connectivity index (χ1n) is 3.89. The van der Waals surface area contributed by atoms with Crippen LogP contribution in [0.15, 0.2) is 17.8 Å². The normalized spacial score (nSPS) is 9.00. The fourth-order valence-corrected chi connectivity index (χ4v) is 0.812. The van der Waals surface area contributed by atoms with E-state index in [0.29, 0.717) is 5.01 Å². The zero-order chi connectivity index (χ0) is 12.1. The maximum atomic E-state index is 11.3. The van der Waals surface area contributed by atoms with Gasteiger partial charge in [0, 0.05) is 0 Å². The number of carbonyl (C=O) groups is 1. The van der Waals surface area contributed by atoms with Crippen LogP contribution in [0.4, 0.5) is 17.8 Å². The summed E-state index contributed by atoms with van der Waals surface area (Å²) in [5.41, 5.74) is 10.6. The van der Waals surface area contributed by atoms with Gasteiger partial charge in [-0.3, -0.25) is 4.79 Å². The highest BCUT2D eigenvalue weighted by Gasteiger charge is 2.16. The highest BCUT2D eigenvalue weighted by molar-refractivity contribution is 5.99. The molecule has 1 heterocycles. The molecule has 9 nitrogen and oxygen atoms in total. The fraction of sp³-hybridized carbons (Fsp3) is 0. The summed E-state index contributed by atoms with van der Waals surface area (Å²) in [7, 11) is 0. The number of carbonyl (C=O) groups excluding carboxylic acids is 2. The summed E-state index contributed by atoms with van der Waals surface area (Å²) in [6.07, 6.45) is 2.08. The molecule has 0 saturated carbocycles. The number of anilines is 3. The molecule has 1 rings (SSSR count). The van der Waals surface area contributed by atoms with Gasteiger partial charge in [0.15, 0.2) is 0 Å². The summed E-state index contributed by atoms with van der Waals surface area (Å²) in [5.74, 6) is -1.41. The third kappa shape index (κ3) is 2.36. The lowest BCUT2D eigenvalue weighted by molar-refractivity contribution is -0.114. The Labute approximate surface area is 89.5 Å². The number of aromatic nitrogens is 3. The van der Waals surface area contributed by atoms with Gasteiger partial charge in [-0.15, -0.1) is 5.01 Å². The van der Waals surface area contributed by atoms with E-state index in [2.05, 4.69) is 26.6 Å². The zero-order valence-electron chi connectivity index (χ0n) is 7.99. The van der Waals surface area contributed by atoms with Crippen LogP contribution in [0, 0.1) is 0 Å². The van der Waals surface area contributed by atoms with Crippen LogP contribution in [0.1, 0.15) is 0 Å². The third-order valence-electron chi connectivity index (χ3n) is 1.37. The average molecular weight is 221 g/mol. The quantitative estimate of drug-likeness (QED) is 0.283. The van der Waals surface area contributed by atoms with E-state index in [1.807, 2.05) is 0 Å². The minimum Gasteiger partial charge on any atom is -0.368 e. The molecule has 1 aromatic rings. The molecule has 9 heteroatoms. The van der Waals surface area contributed by atoms with Crippen LogP contribution < -0.4 is 16.5 Å². The molecule has 0 unspecified atom stereocenters. The first kappa shape index (κ1) is 11.3. The molecule has 0 aromatic carbocycles. The van der Waals surface area contributed by atoms with E-state index in [4.69, 9.17) is 11.5 Å². The van der Waals surface area contributed by atoms with Crippen LogP contribution in [-0.4, -0.2) is 26.9 Å². The highest BCUT2D eigenvalue weighted by atomic mass is 16.2. The lowest BCUT2D eigenvalue weighted by Gasteiger charge is -2.10. The Hall–Kier alpha value is -2.80. The van der Waals surface area contributed by atoms with Crippen LogP contribution in [-0.2, 0) is 9.59 Å². The number of nitrogens with zero attached hydrogens (tertiary/aromatic N) is 5. The van der Waals surface area contributed by atoms with Gasteiger partial charge >= 0.3 is 0 Å². The molecular weight excluding hydrogens is 214 g/mol. The van der Waals surface area contributed by atoms with E-state index in [0.717, 1.165) is 6.08 Å². The Morgan fingerprint density at radius 3 is 2.38 bits per heavy atom. The van der Waals surface area contributed by atoms with E-state index < -0.39 is 5.91 Å². The molecule has 82 valence electrons. The van der Waals surface area contributed by atoms with Crippen molar-refractivity contribution in [2.45, 2.75) is 0 Å². The summed E-state index contributed by atoms with van der Waals surface area (Å²) < 4.78 is 0. The Bertz CT molecular complexity index is 459. The molecule has 1 amide bonds. The van der Waals surface area contributed by atoms with Crippen molar-refractivity contribution in [3.8, 4) is 0 Å². The van der Waals surface area contributed by atoms with E-state index in [9.17, 15) is 9.59 Å². The monoisotopic (exact) mass is 221 g/mol. The topological polar surface area (TPSA) is 140 Å².